The van der Waals surface area contributed by atoms with Gasteiger partial charge in [-0.15, -0.1) is 0 Å². The summed E-state index contributed by atoms with van der Waals surface area (Å²) in [4.78, 5) is 11.9. The van der Waals surface area contributed by atoms with Crippen molar-refractivity contribution in [1.29, 1.82) is 0 Å². The second kappa shape index (κ2) is 8.10. The molecule has 0 aliphatic heterocycles. The molecule has 0 aliphatic carbocycles. The molecule has 0 unspecified atom stereocenters. The van der Waals surface area contributed by atoms with E-state index in [1.807, 2.05) is 13.8 Å². The fourth-order valence-electron chi connectivity index (χ4n) is 2.11. The number of methoxy groups -OCH3 is 1. The van der Waals surface area contributed by atoms with E-state index in [1.165, 1.54) is 7.11 Å². The Morgan fingerprint density at radius 1 is 1.17 bits per heavy atom. The zero-order valence-electron chi connectivity index (χ0n) is 14.0. The Kier molecular flexibility index (Phi) is 5.89. The van der Waals surface area contributed by atoms with Crippen molar-refractivity contribution >= 4 is 11.7 Å². The van der Waals surface area contributed by atoms with Gasteiger partial charge in [0.2, 0.25) is 0 Å². The van der Waals surface area contributed by atoms with Crippen LogP contribution >= 0.6 is 0 Å². The summed E-state index contributed by atoms with van der Waals surface area (Å²) in [6.45, 7) is 4.09. The minimum absolute atomic E-state index is 0.0236. The predicted molar refractivity (Wildman–Crippen MR) is 92.7 cm³/mol. The van der Waals surface area contributed by atoms with Gasteiger partial charge in [0.05, 0.1) is 13.2 Å². The van der Waals surface area contributed by atoms with E-state index < -0.39 is 0 Å². The van der Waals surface area contributed by atoms with Crippen molar-refractivity contribution in [1.82, 2.24) is 5.32 Å². The van der Waals surface area contributed by atoms with Crippen LogP contribution in [-0.4, -0.2) is 24.4 Å². The summed E-state index contributed by atoms with van der Waals surface area (Å²) < 4.78 is 10.6. The van der Waals surface area contributed by atoms with E-state index >= 15 is 0 Å². The molecule has 0 heterocycles. The summed E-state index contributed by atoms with van der Waals surface area (Å²) in [5.41, 5.74) is 1.23. The third-order valence-corrected chi connectivity index (χ3v) is 3.23. The van der Waals surface area contributed by atoms with Gasteiger partial charge in [-0.25, -0.2) is 4.79 Å². The van der Waals surface area contributed by atoms with Crippen LogP contribution in [0, 0.1) is 0 Å². The molecule has 2 amide bonds. The number of anilines is 1. The molecule has 2 aromatic carbocycles. The summed E-state index contributed by atoms with van der Waals surface area (Å²) in [5, 5.41) is 15.4. The second-order valence-corrected chi connectivity index (χ2v) is 5.47. The molecule has 128 valence electrons. The molecule has 0 saturated carbocycles. The minimum atomic E-state index is -0.366. The average molecular weight is 330 g/mol. The first kappa shape index (κ1) is 17.5. The van der Waals surface area contributed by atoms with Gasteiger partial charge in [0, 0.05) is 17.8 Å². The maximum Gasteiger partial charge on any atom is 0.319 e. The van der Waals surface area contributed by atoms with Crippen LogP contribution in [0.1, 0.15) is 19.4 Å². The number of rotatable bonds is 6. The lowest BCUT2D eigenvalue weighted by atomic mass is 10.2. The number of phenols is 1. The Morgan fingerprint density at radius 3 is 2.50 bits per heavy atom. The fraction of sp³-hybridized carbons (Fsp3) is 0.278. The number of carbonyl (C=O) groups is 1. The number of para-hydroxylation sites is 1. The molecule has 6 heteroatoms. The standard InChI is InChI=1S/C18H22N2O4/c1-12(2)24-15-9-7-14(8-10-15)20-18(22)19-11-13-5-4-6-16(23-3)17(13)21/h4-10,12,21H,11H2,1-3H3,(H2,19,20,22). The normalized spacial score (nSPS) is 10.3. The summed E-state index contributed by atoms with van der Waals surface area (Å²) >= 11 is 0. The molecule has 2 rings (SSSR count). The number of hydrogen-bond donors (Lipinski definition) is 3. The average Bonchev–Trinajstić information content (AvgIpc) is 2.55. The lowest BCUT2D eigenvalue weighted by Crippen LogP contribution is -2.28. The maximum absolute atomic E-state index is 11.9. The number of nitrogens with one attached hydrogen (secondary N) is 2. The van der Waals surface area contributed by atoms with E-state index in [9.17, 15) is 9.90 Å². The zero-order valence-corrected chi connectivity index (χ0v) is 14.0. The number of urea groups is 1. The molecular formula is C18H22N2O4. The van der Waals surface area contributed by atoms with Crippen molar-refractivity contribution in [3.05, 3.63) is 48.0 Å². The number of carbonyl (C=O) groups excluding carboxylic acids is 1. The Bertz CT molecular complexity index is 684. The van der Waals surface area contributed by atoms with E-state index in [2.05, 4.69) is 10.6 Å². The lowest BCUT2D eigenvalue weighted by molar-refractivity contribution is 0.242. The van der Waals surface area contributed by atoms with E-state index in [0.717, 1.165) is 5.75 Å². The maximum atomic E-state index is 11.9. The van der Waals surface area contributed by atoms with Crippen molar-refractivity contribution < 1.29 is 19.4 Å². The summed E-state index contributed by atoms with van der Waals surface area (Å²) in [6, 6.07) is 11.9. The van der Waals surface area contributed by atoms with Gasteiger partial charge in [-0.2, -0.15) is 0 Å². The molecule has 0 atom stereocenters. The van der Waals surface area contributed by atoms with Gasteiger partial charge in [0.25, 0.3) is 0 Å². The van der Waals surface area contributed by atoms with E-state index in [4.69, 9.17) is 9.47 Å². The highest BCUT2D eigenvalue weighted by Crippen LogP contribution is 2.29. The number of ether oxygens (including phenoxy) is 2. The highest BCUT2D eigenvalue weighted by atomic mass is 16.5. The Hall–Kier alpha value is -2.89. The first-order valence-corrected chi connectivity index (χ1v) is 7.66. The van der Waals surface area contributed by atoms with Gasteiger partial charge >= 0.3 is 6.03 Å². The van der Waals surface area contributed by atoms with Crippen LogP contribution in [0.3, 0.4) is 0 Å². The molecule has 0 spiro atoms. The van der Waals surface area contributed by atoms with E-state index in [0.29, 0.717) is 17.0 Å². The largest absolute Gasteiger partial charge is 0.504 e. The number of hydrogen-bond acceptors (Lipinski definition) is 4. The predicted octanol–water partition coefficient (Wildman–Crippen LogP) is 3.51. The van der Waals surface area contributed by atoms with Crippen molar-refractivity contribution in [3.63, 3.8) is 0 Å². The summed E-state index contributed by atoms with van der Waals surface area (Å²) in [5.74, 6) is 1.14. The van der Waals surface area contributed by atoms with Gasteiger partial charge < -0.3 is 25.2 Å². The zero-order chi connectivity index (χ0) is 17.5. The number of aromatic hydroxyl groups is 1. The van der Waals surface area contributed by atoms with Gasteiger partial charge in [0.1, 0.15) is 5.75 Å². The van der Waals surface area contributed by atoms with Gasteiger partial charge in [-0.3, -0.25) is 0 Å². The Labute approximate surface area is 141 Å². The van der Waals surface area contributed by atoms with Crippen molar-refractivity contribution in [3.8, 4) is 17.2 Å². The highest BCUT2D eigenvalue weighted by Gasteiger charge is 2.09. The summed E-state index contributed by atoms with van der Waals surface area (Å²) in [7, 11) is 1.48. The topological polar surface area (TPSA) is 79.8 Å². The lowest BCUT2D eigenvalue weighted by Gasteiger charge is -2.12. The molecule has 0 saturated heterocycles. The second-order valence-electron chi connectivity index (χ2n) is 5.47. The number of phenolic OH excluding ortho intramolecular Hbond substituents is 1. The van der Waals surface area contributed by atoms with E-state index in [-0.39, 0.29) is 24.4 Å². The minimum Gasteiger partial charge on any atom is -0.504 e. The van der Waals surface area contributed by atoms with Gasteiger partial charge in [0.15, 0.2) is 11.5 Å². The third-order valence-electron chi connectivity index (χ3n) is 3.23. The molecule has 0 radical (unpaired) electrons. The first-order chi connectivity index (χ1) is 11.5. The summed E-state index contributed by atoms with van der Waals surface area (Å²) in [6.07, 6.45) is 0.0997. The van der Waals surface area contributed by atoms with Crippen molar-refractivity contribution in [2.75, 3.05) is 12.4 Å². The van der Waals surface area contributed by atoms with Crippen LogP contribution in [-0.2, 0) is 6.54 Å². The molecule has 6 nitrogen and oxygen atoms in total. The molecule has 0 aromatic heterocycles. The highest BCUT2D eigenvalue weighted by molar-refractivity contribution is 5.89. The smallest absolute Gasteiger partial charge is 0.319 e. The number of benzene rings is 2. The van der Waals surface area contributed by atoms with Crippen LogP contribution in [0.4, 0.5) is 10.5 Å². The number of amides is 2. The molecular weight excluding hydrogens is 308 g/mol. The SMILES string of the molecule is COc1cccc(CNC(=O)Nc2ccc(OC(C)C)cc2)c1O. The van der Waals surface area contributed by atoms with Crippen LogP contribution in [0.2, 0.25) is 0 Å². The molecule has 0 aliphatic rings. The van der Waals surface area contributed by atoms with E-state index in [1.54, 1.807) is 42.5 Å². The van der Waals surface area contributed by atoms with Gasteiger partial charge in [-0.05, 0) is 44.2 Å². The Balaban J connectivity index is 1.89. The molecule has 0 fully saturated rings. The van der Waals surface area contributed by atoms with Crippen LogP contribution in [0.25, 0.3) is 0 Å². The van der Waals surface area contributed by atoms with Crippen LogP contribution in [0.5, 0.6) is 17.2 Å². The fourth-order valence-corrected chi connectivity index (χ4v) is 2.11. The molecule has 3 N–H and O–H groups in total. The van der Waals surface area contributed by atoms with Crippen LogP contribution < -0.4 is 20.1 Å². The molecule has 2 aromatic rings. The van der Waals surface area contributed by atoms with Gasteiger partial charge in [-0.1, -0.05) is 12.1 Å². The third kappa shape index (κ3) is 4.81. The first-order valence-electron chi connectivity index (χ1n) is 7.66. The van der Waals surface area contributed by atoms with Crippen LogP contribution in [0.15, 0.2) is 42.5 Å². The van der Waals surface area contributed by atoms with Crippen molar-refractivity contribution in [2.45, 2.75) is 26.5 Å². The van der Waals surface area contributed by atoms with Crippen molar-refractivity contribution in [2.24, 2.45) is 0 Å². The Morgan fingerprint density at radius 2 is 1.88 bits per heavy atom. The molecule has 24 heavy (non-hydrogen) atoms. The molecule has 0 bridgehead atoms. The quantitative estimate of drug-likeness (QED) is 0.757. The monoisotopic (exact) mass is 330 g/mol.